The fourth-order valence-corrected chi connectivity index (χ4v) is 4.93. The molecule has 1 aliphatic rings. The van der Waals surface area contributed by atoms with Crippen LogP contribution in [-0.2, 0) is 16.4 Å². The summed E-state index contributed by atoms with van der Waals surface area (Å²) in [5.74, 6) is 0.124. The Labute approximate surface area is 162 Å². The molecule has 0 radical (unpaired) electrons. The standard InChI is InChI=1S/C19H20N4O4S/c20-19(24)15-3-1-2-13(11-15)10-14-7-9-23(12-14)28(25,26)18-5-4-17(27-18)16-6-8-21-22-16/h1-6,8,11,14H,7,9-10,12H2,(H2,20,24)(H,21,22). The van der Waals surface area contributed by atoms with Crippen molar-refractivity contribution in [1.82, 2.24) is 14.5 Å². The first-order chi connectivity index (χ1) is 13.4. The van der Waals surface area contributed by atoms with E-state index in [1.165, 1.54) is 10.4 Å². The van der Waals surface area contributed by atoms with E-state index in [0.29, 0.717) is 36.5 Å². The third-order valence-electron chi connectivity index (χ3n) is 4.93. The average Bonchev–Trinajstić information content (AvgIpc) is 3.42. The number of sulfonamides is 1. The molecular formula is C19H20N4O4S. The molecule has 146 valence electrons. The van der Waals surface area contributed by atoms with Crippen LogP contribution in [0, 0.1) is 5.92 Å². The van der Waals surface area contributed by atoms with Crippen LogP contribution in [0.3, 0.4) is 0 Å². The third kappa shape index (κ3) is 3.58. The molecule has 1 amide bonds. The van der Waals surface area contributed by atoms with Gasteiger partial charge in [-0.3, -0.25) is 9.89 Å². The smallest absolute Gasteiger partial charge is 0.276 e. The topological polar surface area (TPSA) is 122 Å². The number of carbonyl (C=O) groups excluding carboxylic acids is 1. The lowest BCUT2D eigenvalue weighted by molar-refractivity contribution is 0.1000. The lowest BCUT2D eigenvalue weighted by atomic mass is 9.97. The highest BCUT2D eigenvalue weighted by Gasteiger charge is 2.34. The summed E-state index contributed by atoms with van der Waals surface area (Å²) in [6.45, 7) is 0.839. The van der Waals surface area contributed by atoms with Crippen LogP contribution in [0.2, 0.25) is 0 Å². The fraction of sp³-hybridized carbons (Fsp3) is 0.263. The maximum Gasteiger partial charge on any atom is 0.276 e. The summed E-state index contributed by atoms with van der Waals surface area (Å²) in [4.78, 5) is 11.3. The summed E-state index contributed by atoms with van der Waals surface area (Å²) >= 11 is 0. The van der Waals surface area contributed by atoms with Crippen molar-refractivity contribution in [2.45, 2.75) is 17.9 Å². The van der Waals surface area contributed by atoms with Crippen LogP contribution in [0.1, 0.15) is 22.3 Å². The zero-order valence-corrected chi connectivity index (χ0v) is 15.9. The minimum absolute atomic E-state index is 0.0755. The van der Waals surface area contributed by atoms with Gasteiger partial charge in [0, 0.05) is 24.8 Å². The maximum atomic E-state index is 12.9. The number of nitrogens with two attached hydrogens (primary N) is 1. The molecule has 3 aromatic rings. The molecule has 1 fully saturated rings. The second-order valence-corrected chi connectivity index (χ2v) is 8.74. The number of H-pyrrole nitrogens is 1. The first kappa shape index (κ1) is 18.5. The molecular weight excluding hydrogens is 380 g/mol. The summed E-state index contributed by atoms with van der Waals surface area (Å²) in [6.07, 6.45) is 3.00. The predicted octanol–water partition coefficient (Wildman–Crippen LogP) is 2.02. The number of carbonyl (C=O) groups is 1. The zero-order chi connectivity index (χ0) is 19.7. The van der Waals surface area contributed by atoms with Gasteiger partial charge in [-0.2, -0.15) is 9.40 Å². The minimum Gasteiger partial charge on any atom is -0.442 e. The fourth-order valence-electron chi connectivity index (χ4n) is 3.49. The number of benzene rings is 1. The Balaban J connectivity index is 1.46. The summed E-state index contributed by atoms with van der Waals surface area (Å²) in [7, 11) is -3.70. The molecule has 1 aliphatic heterocycles. The van der Waals surface area contributed by atoms with E-state index >= 15 is 0 Å². The van der Waals surface area contributed by atoms with Crippen molar-refractivity contribution >= 4 is 15.9 Å². The van der Waals surface area contributed by atoms with Crippen molar-refractivity contribution in [3.63, 3.8) is 0 Å². The van der Waals surface area contributed by atoms with Gasteiger partial charge in [-0.05, 0) is 54.7 Å². The zero-order valence-electron chi connectivity index (χ0n) is 15.0. The number of primary amides is 1. The number of nitrogens with zero attached hydrogens (tertiary/aromatic N) is 2. The number of aromatic nitrogens is 2. The van der Waals surface area contributed by atoms with Gasteiger partial charge in [-0.15, -0.1) is 0 Å². The Morgan fingerprint density at radius 1 is 1.29 bits per heavy atom. The Bertz CT molecular complexity index is 1090. The minimum atomic E-state index is -3.70. The SMILES string of the molecule is NC(=O)c1cccc(CC2CCN(S(=O)(=O)c3ccc(-c4ccn[nH]4)o3)C2)c1. The van der Waals surface area contributed by atoms with Crippen molar-refractivity contribution in [2.24, 2.45) is 11.7 Å². The second-order valence-electron chi connectivity index (χ2n) is 6.88. The van der Waals surface area contributed by atoms with Crippen molar-refractivity contribution in [3.8, 4) is 11.5 Å². The van der Waals surface area contributed by atoms with Crippen molar-refractivity contribution in [2.75, 3.05) is 13.1 Å². The van der Waals surface area contributed by atoms with Crippen LogP contribution in [-0.4, -0.2) is 41.9 Å². The molecule has 1 saturated heterocycles. The number of hydrogen-bond donors (Lipinski definition) is 2. The van der Waals surface area contributed by atoms with Gasteiger partial charge in [-0.1, -0.05) is 12.1 Å². The van der Waals surface area contributed by atoms with E-state index in [4.69, 9.17) is 10.2 Å². The van der Waals surface area contributed by atoms with E-state index in [1.807, 2.05) is 6.07 Å². The molecule has 0 saturated carbocycles. The highest BCUT2D eigenvalue weighted by atomic mass is 32.2. The molecule has 9 heteroatoms. The summed E-state index contributed by atoms with van der Waals surface area (Å²) in [6, 6.07) is 11.9. The monoisotopic (exact) mass is 400 g/mol. The molecule has 28 heavy (non-hydrogen) atoms. The maximum absolute atomic E-state index is 12.9. The van der Waals surface area contributed by atoms with Crippen LogP contribution in [0.15, 0.2) is 58.2 Å². The number of rotatable bonds is 6. The number of amides is 1. The Morgan fingerprint density at radius 2 is 2.14 bits per heavy atom. The van der Waals surface area contributed by atoms with E-state index in [1.54, 1.807) is 36.5 Å². The Kier molecular flexibility index (Phi) is 4.78. The largest absolute Gasteiger partial charge is 0.442 e. The lowest BCUT2D eigenvalue weighted by Gasteiger charge is -2.15. The van der Waals surface area contributed by atoms with Crippen LogP contribution < -0.4 is 5.73 Å². The molecule has 4 rings (SSSR count). The highest BCUT2D eigenvalue weighted by molar-refractivity contribution is 7.89. The van der Waals surface area contributed by atoms with E-state index in [9.17, 15) is 13.2 Å². The second kappa shape index (κ2) is 7.25. The first-order valence-electron chi connectivity index (χ1n) is 8.92. The Hall–Kier alpha value is -2.91. The van der Waals surface area contributed by atoms with Crippen LogP contribution >= 0.6 is 0 Å². The van der Waals surface area contributed by atoms with E-state index in [2.05, 4.69) is 10.2 Å². The molecule has 1 atom stereocenters. The van der Waals surface area contributed by atoms with Gasteiger partial charge in [0.1, 0.15) is 5.69 Å². The molecule has 3 N–H and O–H groups in total. The van der Waals surface area contributed by atoms with Crippen molar-refractivity contribution in [1.29, 1.82) is 0 Å². The quantitative estimate of drug-likeness (QED) is 0.655. The van der Waals surface area contributed by atoms with Gasteiger partial charge in [0.15, 0.2) is 5.76 Å². The van der Waals surface area contributed by atoms with Gasteiger partial charge < -0.3 is 10.2 Å². The molecule has 0 bridgehead atoms. The predicted molar refractivity (Wildman–Crippen MR) is 102 cm³/mol. The molecule has 1 unspecified atom stereocenters. The summed E-state index contributed by atoms with van der Waals surface area (Å²) in [5, 5.41) is 6.51. The first-order valence-corrected chi connectivity index (χ1v) is 10.4. The van der Waals surface area contributed by atoms with Crippen LogP contribution in [0.25, 0.3) is 11.5 Å². The van der Waals surface area contributed by atoms with Crippen molar-refractivity contribution in [3.05, 3.63) is 59.8 Å². The third-order valence-corrected chi connectivity index (χ3v) is 6.67. The number of nitrogens with one attached hydrogen (secondary N) is 1. The van der Waals surface area contributed by atoms with Gasteiger partial charge in [-0.25, -0.2) is 8.42 Å². The lowest BCUT2D eigenvalue weighted by Crippen LogP contribution is -2.28. The van der Waals surface area contributed by atoms with E-state index < -0.39 is 15.9 Å². The van der Waals surface area contributed by atoms with Crippen LogP contribution in [0.4, 0.5) is 0 Å². The van der Waals surface area contributed by atoms with E-state index in [-0.39, 0.29) is 11.0 Å². The molecule has 3 heterocycles. The molecule has 8 nitrogen and oxygen atoms in total. The highest BCUT2D eigenvalue weighted by Crippen LogP contribution is 2.29. The van der Waals surface area contributed by atoms with Crippen molar-refractivity contribution < 1.29 is 17.6 Å². The van der Waals surface area contributed by atoms with Gasteiger partial charge in [0.05, 0.1) is 0 Å². The number of aromatic amines is 1. The molecule has 0 spiro atoms. The van der Waals surface area contributed by atoms with Gasteiger partial charge in [0.25, 0.3) is 10.0 Å². The molecule has 2 aromatic heterocycles. The van der Waals surface area contributed by atoms with E-state index in [0.717, 1.165) is 12.0 Å². The molecule has 0 aliphatic carbocycles. The van der Waals surface area contributed by atoms with Gasteiger partial charge in [0.2, 0.25) is 11.0 Å². The normalized spacial score (nSPS) is 17.8. The Morgan fingerprint density at radius 3 is 2.89 bits per heavy atom. The number of furan rings is 1. The summed E-state index contributed by atoms with van der Waals surface area (Å²) in [5.41, 5.74) is 7.38. The number of hydrogen-bond acceptors (Lipinski definition) is 5. The average molecular weight is 400 g/mol. The van der Waals surface area contributed by atoms with Gasteiger partial charge >= 0.3 is 0 Å². The van der Waals surface area contributed by atoms with Crippen LogP contribution in [0.5, 0.6) is 0 Å². The molecule has 1 aromatic carbocycles. The summed E-state index contributed by atoms with van der Waals surface area (Å²) < 4.78 is 32.8.